The lowest BCUT2D eigenvalue weighted by atomic mass is 9.99. The Labute approximate surface area is 129 Å². The molecule has 0 atom stereocenters. The quantitative estimate of drug-likeness (QED) is 0.317. The van der Waals surface area contributed by atoms with Crippen molar-refractivity contribution in [2.45, 2.75) is 26.7 Å². The zero-order valence-corrected chi connectivity index (χ0v) is 13.1. The summed E-state index contributed by atoms with van der Waals surface area (Å²) in [5.74, 6) is 2.39. The molecule has 108 valence electrons. The van der Waals surface area contributed by atoms with Crippen LogP contribution in [0.25, 0.3) is 17.1 Å². The molecule has 0 unspecified atom stereocenters. The van der Waals surface area contributed by atoms with Crippen LogP contribution in [-0.2, 0) is 19.9 Å². The molecule has 22 heavy (non-hydrogen) atoms. The summed E-state index contributed by atoms with van der Waals surface area (Å²) in [7, 11) is 2.07. The third-order valence-electron chi connectivity index (χ3n) is 5.15. The highest BCUT2D eigenvalue weighted by molar-refractivity contribution is 5.79. The van der Waals surface area contributed by atoms with Crippen LogP contribution < -0.4 is 4.57 Å². The Morgan fingerprint density at radius 3 is 2.86 bits per heavy atom. The molecule has 3 aromatic rings. The molecule has 2 aromatic heterocycles. The van der Waals surface area contributed by atoms with Crippen molar-refractivity contribution in [1.29, 1.82) is 0 Å². The maximum Gasteiger partial charge on any atom is 0.192 e. The first-order valence-corrected chi connectivity index (χ1v) is 7.75. The number of fused-ring (bicyclic) bond motifs is 7. The van der Waals surface area contributed by atoms with Crippen LogP contribution in [-0.4, -0.2) is 9.55 Å². The van der Waals surface area contributed by atoms with Gasteiger partial charge in [0.1, 0.15) is 0 Å². The minimum atomic E-state index is 0.922. The van der Waals surface area contributed by atoms with Crippen LogP contribution in [0.1, 0.15) is 33.8 Å². The maximum absolute atomic E-state index is 4.95. The summed E-state index contributed by atoms with van der Waals surface area (Å²) in [6, 6.07) is 8.65. The summed E-state index contributed by atoms with van der Waals surface area (Å²) in [5.41, 5.74) is 9.41. The molecule has 0 saturated carbocycles. The fourth-order valence-corrected chi connectivity index (χ4v) is 3.97. The normalized spacial score (nSPS) is 13.8. The second-order valence-electron chi connectivity index (χ2n) is 6.42. The van der Waals surface area contributed by atoms with Crippen molar-refractivity contribution in [2.24, 2.45) is 7.05 Å². The number of benzene rings is 1. The van der Waals surface area contributed by atoms with Gasteiger partial charge in [0, 0.05) is 24.6 Å². The lowest BCUT2D eigenvalue weighted by molar-refractivity contribution is -0.669. The van der Waals surface area contributed by atoms with E-state index in [9.17, 15) is 0 Å². The van der Waals surface area contributed by atoms with E-state index in [4.69, 9.17) is 4.98 Å². The van der Waals surface area contributed by atoms with E-state index in [0.29, 0.717) is 0 Å². The fraction of sp³-hybridized carbons (Fsp3) is 0.263. The minimum Gasteiger partial charge on any atom is -0.343 e. The average molecular weight is 287 g/mol. The molecule has 0 spiro atoms. The molecule has 0 amide bonds. The molecular weight excluding hydrogens is 270 g/mol. The zero-order valence-electron chi connectivity index (χ0n) is 13.1. The van der Waals surface area contributed by atoms with E-state index in [2.05, 4.69) is 54.4 Å². The molecule has 2 aliphatic rings. The molecule has 3 nitrogen and oxygen atoms in total. The zero-order chi connectivity index (χ0) is 15.0. The Bertz CT molecular complexity index is 963. The SMILES string of the molecule is Cc1ccc2c(c1C)-c1c(nc3n1-c1c(cc[c-][n+]1C)C3)C2. The van der Waals surface area contributed by atoms with Gasteiger partial charge in [-0.25, -0.2) is 9.55 Å². The van der Waals surface area contributed by atoms with Gasteiger partial charge >= 0.3 is 0 Å². The highest BCUT2D eigenvalue weighted by Gasteiger charge is 2.36. The summed E-state index contributed by atoms with van der Waals surface area (Å²) < 4.78 is 4.45. The standard InChI is InChI=1S/C19H17N3/c1-11-6-7-13-9-15-18(17(13)12(11)2)22-16(20-15)10-14-5-4-8-21(3)19(14)22/h4-7H,9-10H2,1-3H3. The van der Waals surface area contributed by atoms with Gasteiger partial charge in [-0.3, -0.25) is 0 Å². The van der Waals surface area contributed by atoms with Crippen LogP contribution in [0.5, 0.6) is 0 Å². The van der Waals surface area contributed by atoms with Crippen LogP contribution >= 0.6 is 0 Å². The van der Waals surface area contributed by atoms with Crippen molar-refractivity contribution in [2.75, 3.05) is 0 Å². The van der Waals surface area contributed by atoms with Gasteiger partial charge in [0.15, 0.2) is 17.3 Å². The molecule has 0 N–H and O–H groups in total. The van der Waals surface area contributed by atoms with E-state index >= 15 is 0 Å². The first-order valence-electron chi connectivity index (χ1n) is 7.75. The molecule has 0 bridgehead atoms. The average Bonchev–Trinajstić information content (AvgIpc) is 3.10. The Kier molecular flexibility index (Phi) is 2.13. The van der Waals surface area contributed by atoms with Crippen molar-refractivity contribution in [3.05, 3.63) is 64.2 Å². The van der Waals surface area contributed by atoms with Gasteiger partial charge in [-0.1, -0.05) is 17.7 Å². The fourth-order valence-electron chi connectivity index (χ4n) is 3.97. The van der Waals surface area contributed by atoms with Crippen LogP contribution in [0, 0.1) is 20.0 Å². The number of nitrogens with zero attached hydrogens (tertiary/aromatic N) is 3. The number of rotatable bonds is 0. The second kappa shape index (κ2) is 3.86. The molecular formula is C19H17N3. The summed E-state index contributed by atoms with van der Waals surface area (Å²) in [4.78, 5) is 4.95. The van der Waals surface area contributed by atoms with E-state index in [0.717, 1.165) is 12.8 Å². The smallest absolute Gasteiger partial charge is 0.192 e. The van der Waals surface area contributed by atoms with Crippen LogP contribution in [0.3, 0.4) is 0 Å². The van der Waals surface area contributed by atoms with Gasteiger partial charge in [0.2, 0.25) is 0 Å². The first kappa shape index (κ1) is 12.2. The number of aromatic nitrogens is 3. The molecule has 3 heteroatoms. The van der Waals surface area contributed by atoms with E-state index in [1.807, 2.05) is 6.07 Å². The van der Waals surface area contributed by atoms with Crippen molar-refractivity contribution in [3.63, 3.8) is 0 Å². The largest absolute Gasteiger partial charge is 0.343 e. The van der Waals surface area contributed by atoms with E-state index in [-0.39, 0.29) is 0 Å². The van der Waals surface area contributed by atoms with E-state index in [1.165, 1.54) is 50.8 Å². The molecule has 3 heterocycles. The summed E-state index contributed by atoms with van der Waals surface area (Å²) in [6.07, 6.45) is 5.15. The lowest BCUT2D eigenvalue weighted by Gasteiger charge is -2.12. The van der Waals surface area contributed by atoms with Crippen LogP contribution in [0.4, 0.5) is 0 Å². The van der Waals surface area contributed by atoms with Crippen LogP contribution in [0.2, 0.25) is 0 Å². The first-order chi connectivity index (χ1) is 10.6. The third kappa shape index (κ3) is 1.32. The van der Waals surface area contributed by atoms with Crippen molar-refractivity contribution >= 4 is 0 Å². The van der Waals surface area contributed by atoms with Gasteiger partial charge in [0.05, 0.1) is 12.7 Å². The van der Waals surface area contributed by atoms with E-state index < -0.39 is 0 Å². The monoisotopic (exact) mass is 287 g/mol. The summed E-state index contributed by atoms with van der Waals surface area (Å²) in [6.45, 7) is 4.42. The van der Waals surface area contributed by atoms with Gasteiger partial charge in [0.25, 0.3) is 0 Å². The minimum absolute atomic E-state index is 0.922. The topological polar surface area (TPSA) is 21.7 Å². The number of pyridine rings is 1. The number of hydrogen-bond donors (Lipinski definition) is 0. The van der Waals surface area contributed by atoms with E-state index in [1.54, 1.807) is 0 Å². The summed E-state index contributed by atoms with van der Waals surface area (Å²) >= 11 is 0. The Morgan fingerprint density at radius 2 is 2.00 bits per heavy atom. The van der Waals surface area contributed by atoms with Crippen LogP contribution in [0.15, 0.2) is 24.3 Å². The number of imidazole rings is 1. The van der Waals surface area contributed by atoms with Gasteiger partial charge in [-0.15, -0.1) is 6.07 Å². The maximum atomic E-state index is 4.95. The van der Waals surface area contributed by atoms with Gasteiger partial charge in [-0.05, 0) is 30.5 Å². The highest BCUT2D eigenvalue weighted by Crippen LogP contribution is 2.43. The lowest BCUT2D eigenvalue weighted by Crippen LogP contribution is -2.34. The number of aryl methyl sites for hydroxylation is 2. The molecule has 1 aromatic carbocycles. The Hall–Kier alpha value is -2.42. The highest BCUT2D eigenvalue weighted by atomic mass is 15.2. The predicted octanol–water partition coefficient (Wildman–Crippen LogP) is 2.59. The molecule has 1 aliphatic carbocycles. The van der Waals surface area contributed by atoms with Crippen molar-refractivity contribution in [1.82, 2.24) is 9.55 Å². The number of hydrogen-bond acceptors (Lipinski definition) is 1. The van der Waals surface area contributed by atoms with Gasteiger partial charge in [-0.2, -0.15) is 6.07 Å². The predicted molar refractivity (Wildman–Crippen MR) is 84.1 cm³/mol. The molecule has 1 aliphatic heterocycles. The Balaban J connectivity index is 1.88. The molecule has 0 fully saturated rings. The molecule has 0 saturated heterocycles. The van der Waals surface area contributed by atoms with Crippen molar-refractivity contribution in [3.8, 4) is 17.1 Å². The van der Waals surface area contributed by atoms with Crippen molar-refractivity contribution < 1.29 is 4.57 Å². The Morgan fingerprint density at radius 1 is 1.14 bits per heavy atom. The molecule has 0 radical (unpaired) electrons. The van der Waals surface area contributed by atoms with Gasteiger partial charge < -0.3 is 4.57 Å². The summed E-state index contributed by atoms with van der Waals surface area (Å²) in [5, 5.41) is 0. The second-order valence-corrected chi connectivity index (χ2v) is 6.42. The third-order valence-corrected chi connectivity index (χ3v) is 5.15. The molecule has 5 rings (SSSR count).